The molecule has 3 N–H and O–H groups in total. The zero-order valence-corrected chi connectivity index (χ0v) is 16.2. The zero-order valence-electron chi connectivity index (χ0n) is 16.2. The number of nitrogens with one attached hydrogen (secondary N) is 3. The van der Waals surface area contributed by atoms with Gasteiger partial charge in [-0.15, -0.1) is 0 Å². The number of para-hydroxylation sites is 1. The second-order valence-corrected chi connectivity index (χ2v) is 7.05. The summed E-state index contributed by atoms with van der Waals surface area (Å²) in [5.41, 5.74) is 1.27. The molecule has 3 rings (SSSR count). The summed E-state index contributed by atoms with van der Waals surface area (Å²) < 4.78 is 2.28. The molecule has 27 heavy (non-hydrogen) atoms. The molecule has 1 aliphatic rings. The second kappa shape index (κ2) is 10.00. The fourth-order valence-corrected chi connectivity index (χ4v) is 3.09. The van der Waals surface area contributed by atoms with E-state index in [0.29, 0.717) is 12.5 Å². The number of hydrogen-bond acceptors (Lipinski definition) is 2. The number of nitrogens with zero attached hydrogens (tertiary/aromatic N) is 2. The van der Waals surface area contributed by atoms with Gasteiger partial charge in [0, 0.05) is 50.4 Å². The Morgan fingerprint density at radius 2 is 2.04 bits per heavy atom. The summed E-state index contributed by atoms with van der Waals surface area (Å²) in [5, 5.41) is 10.9. The van der Waals surface area contributed by atoms with Gasteiger partial charge in [-0.05, 0) is 50.1 Å². The van der Waals surface area contributed by atoms with Crippen LogP contribution in [0.1, 0.15) is 39.0 Å². The number of amides is 1. The van der Waals surface area contributed by atoms with Crippen molar-refractivity contribution in [1.29, 1.82) is 0 Å². The molecule has 1 aromatic carbocycles. The smallest absolute Gasteiger partial charge is 0.220 e. The Labute approximate surface area is 161 Å². The lowest BCUT2D eigenvalue weighted by Crippen LogP contribution is -2.38. The highest BCUT2D eigenvalue weighted by Crippen LogP contribution is 2.18. The van der Waals surface area contributed by atoms with Crippen LogP contribution in [-0.4, -0.2) is 42.1 Å². The van der Waals surface area contributed by atoms with Crippen LogP contribution in [-0.2, 0) is 11.3 Å². The van der Waals surface area contributed by atoms with Gasteiger partial charge in [-0.2, -0.15) is 0 Å². The molecular weight excluding hydrogens is 338 g/mol. The molecule has 1 heterocycles. The van der Waals surface area contributed by atoms with E-state index in [-0.39, 0.29) is 5.91 Å². The lowest BCUT2D eigenvalue weighted by molar-refractivity contribution is -0.121. The molecule has 0 unspecified atom stereocenters. The van der Waals surface area contributed by atoms with E-state index in [1.54, 1.807) is 0 Å². The van der Waals surface area contributed by atoms with Gasteiger partial charge in [-0.25, -0.2) is 0 Å². The number of fused-ring (bicyclic) bond motifs is 1. The Hall–Kier alpha value is -2.50. The largest absolute Gasteiger partial charge is 0.357 e. The zero-order chi connectivity index (χ0) is 18.9. The van der Waals surface area contributed by atoms with E-state index < -0.39 is 0 Å². The van der Waals surface area contributed by atoms with E-state index in [2.05, 4.69) is 69.0 Å². The molecule has 146 valence electrons. The minimum absolute atomic E-state index is 0.167. The maximum atomic E-state index is 11.7. The Morgan fingerprint density at radius 3 is 2.85 bits per heavy atom. The molecular formula is C21H31N5O. The SMILES string of the molecule is CCNC(=NCCCn1ccc2ccccc21)NCCCC(=O)NC1CC1. The molecule has 1 fully saturated rings. The number of benzene rings is 1. The number of rotatable bonds is 10. The van der Waals surface area contributed by atoms with Crippen LogP contribution in [0.4, 0.5) is 0 Å². The van der Waals surface area contributed by atoms with Crippen LogP contribution in [0.25, 0.3) is 10.9 Å². The summed E-state index contributed by atoms with van der Waals surface area (Å²) in [6.45, 7) is 5.37. The average molecular weight is 370 g/mol. The third-order valence-corrected chi connectivity index (χ3v) is 4.67. The van der Waals surface area contributed by atoms with Crippen LogP contribution in [0.2, 0.25) is 0 Å². The Balaban J connectivity index is 1.37. The van der Waals surface area contributed by atoms with Crippen molar-refractivity contribution >= 4 is 22.8 Å². The molecule has 1 amide bonds. The quantitative estimate of drug-likeness (QED) is 0.343. The maximum absolute atomic E-state index is 11.7. The topological polar surface area (TPSA) is 70.5 Å². The fourth-order valence-electron chi connectivity index (χ4n) is 3.09. The monoisotopic (exact) mass is 369 g/mol. The summed E-state index contributed by atoms with van der Waals surface area (Å²) in [6, 6.07) is 11.0. The molecule has 6 heteroatoms. The summed E-state index contributed by atoms with van der Waals surface area (Å²) in [4.78, 5) is 16.3. The van der Waals surface area contributed by atoms with Gasteiger partial charge in [0.05, 0.1) is 0 Å². The number of carbonyl (C=O) groups is 1. The van der Waals surface area contributed by atoms with Gasteiger partial charge in [-0.1, -0.05) is 18.2 Å². The van der Waals surface area contributed by atoms with E-state index in [1.807, 2.05) is 0 Å². The van der Waals surface area contributed by atoms with Crippen LogP contribution in [0.15, 0.2) is 41.5 Å². The van der Waals surface area contributed by atoms with Crippen LogP contribution >= 0.6 is 0 Å². The van der Waals surface area contributed by atoms with Crippen molar-refractivity contribution in [3.8, 4) is 0 Å². The first kappa shape index (κ1) is 19.3. The molecule has 1 aromatic heterocycles. The van der Waals surface area contributed by atoms with Crippen LogP contribution < -0.4 is 16.0 Å². The third-order valence-electron chi connectivity index (χ3n) is 4.67. The number of guanidine groups is 1. The van der Waals surface area contributed by atoms with E-state index in [4.69, 9.17) is 0 Å². The number of aliphatic imine (C=N–C) groups is 1. The lowest BCUT2D eigenvalue weighted by Gasteiger charge is -2.11. The molecule has 6 nitrogen and oxygen atoms in total. The van der Waals surface area contributed by atoms with E-state index in [9.17, 15) is 4.79 Å². The molecule has 2 aromatic rings. The van der Waals surface area contributed by atoms with Gasteiger partial charge >= 0.3 is 0 Å². The highest BCUT2D eigenvalue weighted by atomic mass is 16.1. The lowest BCUT2D eigenvalue weighted by atomic mass is 10.2. The molecule has 0 radical (unpaired) electrons. The Bertz CT molecular complexity index is 763. The number of carbonyl (C=O) groups excluding carboxylic acids is 1. The van der Waals surface area contributed by atoms with Gasteiger partial charge in [0.2, 0.25) is 5.91 Å². The van der Waals surface area contributed by atoms with E-state index in [1.165, 1.54) is 10.9 Å². The van der Waals surface area contributed by atoms with Gasteiger partial charge in [0.1, 0.15) is 0 Å². The van der Waals surface area contributed by atoms with E-state index in [0.717, 1.165) is 57.8 Å². The minimum atomic E-state index is 0.167. The molecule has 0 saturated heterocycles. The van der Waals surface area contributed by atoms with Crippen molar-refractivity contribution in [2.45, 2.75) is 51.6 Å². The van der Waals surface area contributed by atoms with E-state index >= 15 is 0 Å². The standard InChI is InChI=1S/C21H31N5O/c1-2-22-21(23-13-5-9-20(27)25-18-10-11-18)24-14-6-15-26-16-12-17-7-3-4-8-19(17)26/h3-4,7-8,12,16,18H,2,5-6,9-11,13-15H2,1H3,(H,25,27)(H2,22,23,24). The predicted octanol–water partition coefficient (Wildman–Crippen LogP) is 2.65. The summed E-state index contributed by atoms with van der Waals surface area (Å²) in [7, 11) is 0. The van der Waals surface area contributed by atoms with Gasteiger partial charge in [0.15, 0.2) is 5.96 Å². The van der Waals surface area contributed by atoms with Gasteiger partial charge in [-0.3, -0.25) is 9.79 Å². The number of hydrogen-bond donors (Lipinski definition) is 3. The van der Waals surface area contributed by atoms with Crippen LogP contribution in [0.3, 0.4) is 0 Å². The van der Waals surface area contributed by atoms with Crippen molar-refractivity contribution in [2.24, 2.45) is 4.99 Å². The van der Waals surface area contributed by atoms with Crippen molar-refractivity contribution < 1.29 is 4.79 Å². The molecule has 1 aliphatic carbocycles. The van der Waals surface area contributed by atoms with Crippen molar-refractivity contribution in [1.82, 2.24) is 20.5 Å². The minimum Gasteiger partial charge on any atom is -0.357 e. The van der Waals surface area contributed by atoms with Gasteiger partial charge in [0.25, 0.3) is 0 Å². The third kappa shape index (κ3) is 6.31. The summed E-state index contributed by atoms with van der Waals surface area (Å²) >= 11 is 0. The Morgan fingerprint density at radius 1 is 1.19 bits per heavy atom. The first-order chi connectivity index (χ1) is 13.3. The molecule has 0 atom stereocenters. The molecule has 0 spiro atoms. The highest BCUT2D eigenvalue weighted by molar-refractivity contribution is 5.80. The fraction of sp³-hybridized carbons (Fsp3) is 0.524. The number of aromatic nitrogens is 1. The first-order valence-electron chi connectivity index (χ1n) is 10.1. The Kier molecular flexibility index (Phi) is 7.13. The molecule has 1 saturated carbocycles. The molecule has 0 aliphatic heterocycles. The normalized spacial score (nSPS) is 14.3. The first-order valence-corrected chi connectivity index (χ1v) is 10.1. The summed E-state index contributed by atoms with van der Waals surface area (Å²) in [6.07, 6.45) is 6.80. The predicted molar refractivity (Wildman–Crippen MR) is 111 cm³/mol. The van der Waals surface area contributed by atoms with Crippen molar-refractivity contribution in [2.75, 3.05) is 19.6 Å². The van der Waals surface area contributed by atoms with Crippen molar-refractivity contribution in [3.05, 3.63) is 36.5 Å². The van der Waals surface area contributed by atoms with Crippen LogP contribution in [0.5, 0.6) is 0 Å². The highest BCUT2D eigenvalue weighted by Gasteiger charge is 2.22. The summed E-state index contributed by atoms with van der Waals surface area (Å²) in [5.74, 6) is 0.998. The van der Waals surface area contributed by atoms with Crippen molar-refractivity contribution in [3.63, 3.8) is 0 Å². The second-order valence-electron chi connectivity index (χ2n) is 7.05. The average Bonchev–Trinajstić information content (AvgIpc) is 3.39. The number of aryl methyl sites for hydroxylation is 1. The molecule has 0 bridgehead atoms. The van der Waals surface area contributed by atoms with Gasteiger partial charge < -0.3 is 20.5 Å². The van der Waals surface area contributed by atoms with Crippen LogP contribution in [0, 0.1) is 0 Å². The maximum Gasteiger partial charge on any atom is 0.220 e.